The highest BCUT2D eigenvalue weighted by Crippen LogP contribution is 2.12. The molecule has 4 heteroatoms. The Kier molecular flexibility index (Phi) is 7.73. The molecule has 1 atom stereocenters. The van der Waals surface area contributed by atoms with Gasteiger partial charge >= 0.3 is 0 Å². The van der Waals surface area contributed by atoms with E-state index in [1.165, 1.54) is 5.56 Å². The molecule has 1 N–H and O–H groups in total. The largest absolute Gasteiger partial charge is 0.467 e. The molecule has 0 saturated heterocycles. The Morgan fingerprint density at radius 2 is 2.22 bits per heavy atom. The molecule has 104 valence electrons. The topological polar surface area (TPSA) is 43.6 Å². The van der Waals surface area contributed by atoms with Crippen molar-refractivity contribution in [2.45, 2.75) is 46.4 Å². The van der Waals surface area contributed by atoms with Crippen molar-refractivity contribution >= 4 is 0 Å². The quantitative estimate of drug-likeness (QED) is 0.653. The molecule has 0 radical (unpaired) electrons. The van der Waals surface area contributed by atoms with Gasteiger partial charge in [0, 0.05) is 18.7 Å². The normalized spacial score (nSPS) is 12.8. The lowest BCUT2D eigenvalue weighted by Crippen LogP contribution is -2.17. The van der Waals surface area contributed by atoms with E-state index >= 15 is 0 Å². The summed E-state index contributed by atoms with van der Waals surface area (Å²) in [5.74, 6) is 0.905. The minimum absolute atomic E-state index is 0.0894. The first-order valence-electron chi connectivity index (χ1n) is 6.73. The van der Waals surface area contributed by atoms with Crippen LogP contribution in [0.1, 0.15) is 38.5 Å². The van der Waals surface area contributed by atoms with Crippen molar-refractivity contribution in [2.75, 3.05) is 19.8 Å². The molecule has 0 amide bonds. The van der Waals surface area contributed by atoms with E-state index in [9.17, 15) is 0 Å². The van der Waals surface area contributed by atoms with Gasteiger partial charge in [0.05, 0.1) is 19.0 Å². The highest BCUT2D eigenvalue weighted by molar-refractivity contribution is 5.16. The minimum atomic E-state index is 0.0894. The smallest absolute Gasteiger partial charge is 0.133 e. The molecule has 1 heterocycles. The maximum Gasteiger partial charge on any atom is 0.133 e. The second-order valence-corrected chi connectivity index (χ2v) is 4.33. The third-order valence-electron chi connectivity index (χ3n) is 2.64. The number of nitrogens with one attached hydrogen (secondary N) is 1. The highest BCUT2D eigenvalue weighted by atomic mass is 16.5. The van der Waals surface area contributed by atoms with E-state index in [4.69, 9.17) is 13.9 Å². The zero-order valence-electron chi connectivity index (χ0n) is 11.7. The monoisotopic (exact) mass is 255 g/mol. The van der Waals surface area contributed by atoms with Crippen LogP contribution in [0.5, 0.6) is 0 Å². The Morgan fingerprint density at radius 1 is 1.39 bits per heavy atom. The second kappa shape index (κ2) is 9.14. The molecule has 0 spiro atoms. The zero-order chi connectivity index (χ0) is 13.2. The van der Waals surface area contributed by atoms with Gasteiger partial charge in [-0.25, -0.2) is 0 Å². The van der Waals surface area contributed by atoms with Gasteiger partial charge in [0.1, 0.15) is 12.4 Å². The average Bonchev–Trinajstić information content (AvgIpc) is 2.82. The highest BCUT2D eigenvalue weighted by Gasteiger charge is 2.09. The first kappa shape index (κ1) is 15.2. The number of furan rings is 1. The van der Waals surface area contributed by atoms with Crippen LogP contribution in [-0.4, -0.2) is 25.9 Å². The van der Waals surface area contributed by atoms with Gasteiger partial charge < -0.3 is 19.2 Å². The summed E-state index contributed by atoms with van der Waals surface area (Å²) in [6.07, 6.45) is 2.94. The lowest BCUT2D eigenvalue weighted by molar-refractivity contribution is -0.0173. The van der Waals surface area contributed by atoms with Crippen molar-refractivity contribution in [2.24, 2.45) is 0 Å². The van der Waals surface area contributed by atoms with Gasteiger partial charge in [0.25, 0.3) is 0 Å². The van der Waals surface area contributed by atoms with E-state index in [0.29, 0.717) is 13.2 Å². The Balaban J connectivity index is 2.30. The molecule has 0 bridgehead atoms. The Labute approximate surface area is 110 Å². The first-order valence-corrected chi connectivity index (χ1v) is 6.73. The van der Waals surface area contributed by atoms with Gasteiger partial charge in [-0.2, -0.15) is 0 Å². The van der Waals surface area contributed by atoms with Crippen molar-refractivity contribution in [1.82, 2.24) is 5.32 Å². The van der Waals surface area contributed by atoms with Crippen molar-refractivity contribution < 1.29 is 13.9 Å². The SMILES string of the molecule is CCCNCc1ccoc1COC(C)COCC. The van der Waals surface area contributed by atoms with Crippen molar-refractivity contribution in [3.63, 3.8) is 0 Å². The molecule has 0 aliphatic rings. The fraction of sp³-hybridized carbons (Fsp3) is 0.714. The standard InChI is InChI=1S/C14H25NO3/c1-4-7-15-9-13-6-8-17-14(13)11-18-12(3)10-16-5-2/h6,8,12,15H,4-5,7,9-11H2,1-3H3. The van der Waals surface area contributed by atoms with Gasteiger partial charge in [0.2, 0.25) is 0 Å². The first-order chi connectivity index (χ1) is 8.77. The van der Waals surface area contributed by atoms with Crippen LogP contribution in [0.15, 0.2) is 16.7 Å². The average molecular weight is 255 g/mol. The third kappa shape index (κ3) is 5.67. The zero-order valence-corrected chi connectivity index (χ0v) is 11.7. The molecule has 0 aliphatic heterocycles. The van der Waals surface area contributed by atoms with E-state index in [1.54, 1.807) is 6.26 Å². The Morgan fingerprint density at radius 3 is 2.94 bits per heavy atom. The maximum atomic E-state index is 5.69. The summed E-state index contributed by atoms with van der Waals surface area (Å²) in [5, 5.41) is 3.36. The molecular formula is C14H25NO3. The predicted molar refractivity (Wildman–Crippen MR) is 71.4 cm³/mol. The molecule has 0 aliphatic carbocycles. The van der Waals surface area contributed by atoms with Crippen molar-refractivity contribution in [3.8, 4) is 0 Å². The van der Waals surface area contributed by atoms with Gasteiger partial charge in [0.15, 0.2) is 0 Å². The summed E-state index contributed by atoms with van der Waals surface area (Å²) in [4.78, 5) is 0. The second-order valence-electron chi connectivity index (χ2n) is 4.33. The Bertz CT molecular complexity index is 312. The van der Waals surface area contributed by atoms with E-state index in [2.05, 4.69) is 12.2 Å². The van der Waals surface area contributed by atoms with E-state index in [0.717, 1.165) is 31.9 Å². The molecule has 0 aromatic carbocycles. The lowest BCUT2D eigenvalue weighted by atomic mass is 10.2. The minimum Gasteiger partial charge on any atom is -0.467 e. The number of hydrogen-bond acceptors (Lipinski definition) is 4. The molecule has 1 aromatic rings. The van der Waals surface area contributed by atoms with Crippen LogP contribution in [-0.2, 0) is 22.6 Å². The molecule has 1 rings (SSSR count). The molecule has 4 nitrogen and oxygen atoms in total. The van der Waals surface area contributed by atoms with Gasteiger partial charge in [-0.3, -0.25) is 0 Å². The molecule has 0 fully saturated rings. The molecule has 0 saturated carbocycles. The van der Waals surface area contributed by atoms with E-state index in [-0.39, 0.29) is 6.10 Å². The van der Waals surface area contributed by atoms with Crippen LogP contribution >= 0.6 is 0 Å². The van der Waals surface area contributed by atoms with E-state index in [1.807, 2.05) is 19.9 Å². The Hall–Kier alpha value is -0.840. The predicted octanol–water partition coefficient (Wildman–Crippen LogP) is 2.72. The summed E-state index contributed by atoms with van der Waals surface area (Å²) < 4.78 is 16.4. The van der Waals surface area contributed by atoms with Crippen LogP contribution < -0.4 is 5.32 Å². The summed E-state index contributed by atoms with van der Waals surface area (Å²) in [5.41, 5.74) is 1.17. The van der Waals surface area contributed by atoms with Gasteiger partial charge in [-0.1, -0.05) is 6.92 Å². The number of ether oxygens (including phenoxy) is 2. The lowest BCUT2D eigenvalue weighted by Gasteiger charge is -2.12. The number of rotatable bonds is 10. The van der Waals surface area contributed by atoms with Crippen LogP contribution in [0.2, 0.25) is 0 Å². The summed E-state index contributed by atoms with van der Waals surface area (Å²) in [7, 11) is 0. The van der Waals surface area contributed by atoms with Crippen LogP contribution in [0.3, 0.4) is 0 Å². The van der Waals surface area contributed by atoms with Crippen molar-refractivity contribution in [3.05, 3.63) is 23.7 Å². The summed E-state index contributed by atoms with van der Waals surface area (Å²) >= 11 is 0. The third-order valence-corrected chi connectivity index (χ3v) is 2.64. The van der Waals surface area contributed by atoms with E-state index < -0.39 is 0 Å². The molecule has 18 heavy (non-hydrogen) atoms. The number of hydrogen-bond donors (Lipinski definition) is 1. The van der Waals surface area contributed by atoms with Gasteiger partial charge in [-0.05, 0) is 32.9 Å². The molecule has 1 aromatic heterocycles. The molecular weight excluding hydrogens is 230 g/mol. The van der Waals surface area contributed by atoms with Crippen LogP contribution in [0.25, 0.3) is 0 Å². The van der Waals surface area contributed by atoms with Crippen LogP contribution in [0.4, 0.5) is 0 Å². The fourth-order valence-corrected chi connectivity index (χ4v) is 1.60. The molecule has 1 unspecified atom stereocenters. The fourth-order valence-electron chi connectivity index (χ4n) is 1.60. The van der Waals surface area contributed by atoms with Gasteiger partial charge in [-0.15, -0.1) is 0 Å². The summed E-state index contributed by atoms with van der Waals surface area (Å²) in [6.45, 7) is 9.85. The van der Waals surface area contributed by atoms with Crippen LogP contribution in [0, 0.1) is 0 Å². The van der Waals surface area contributed by atoms with Crippen molar-refractivity contribution in [1.29, 1.82) is 0 Å². The summed E-state index contributed by atoms with van der Waals surface area (Å²) in [6, 6.07) is 1.99. The maximum absolute atomic E-state index is 5.69.